The molecule has 0 spiro atoms. The standard InChI is InChI=1S/C16H20FN5O/c17-13-7-20-15-12(13)4-9(6-19-15)8-1-2-10-11(3-8)14(5-18)21-22-16(10)23/h4,6-8,10-11,14,21H,1-3,5,18H2,(H,19,20)(H,22,23). The molecule has 2 aliphatic rings. The predicted molar refractivity (Wildman–Crippen MR) is 83.7 cm³/mol. The van der Waals surface area contributed by atoms with E-state index in [-0.39, 0.29) is 35.5 Å². The van der Waals surface area contributed by atoms with E-state index in [0.29, 0.717) is 17.6 Å². The van der Waals surface area contributed by atoms with E-state index in [9.17, 15) is 9.18 Å². The van der Waals surface area contributed by atoms with Gasteiger partial charge in [-0.2, -0.15) is 0 Å². The lowest BCUT2D eigenvalue weighted by Gasteiger charge is -2.43. The molecule has 1 aliphatic heterocycles. The first-order chi connectivity index (χ1) is 11.2. The summed E-state index contributed by atoms with van der Waals surface area (Å²) in [5, 5.41) is 0.527. The molecule has 4 unspecified atom stereocenters. The number of pyridine rings is 1. The molecular weight excluding hydrogens is 297 g/mol. The van der Waals surface area contributed by atoms with Gasteiger partial charge >= 0.3 is 0 Å². The highest BCUT2D eigenvalue weighted by atomic mass is 19.1. The third kappa shape index (κ3) is 2.40. The highest BCUT2D eigenvalue weighted by molar-refractivity contribution is 5.79. The number of rotatable bonds is 2. The molecule has 1 aliphatic carbocycles. The Balaban J connectivity index is 1.62. The van der Waals surface area contributed by atoms with Crippen molar-refractivity contribution in [2.45, 2.75) is 31.2 Å². The average molecular weight is 317 g/mol. The van der Waals surface area contributed by atoms with Gasteiger partial charge in [0.25, 0.3) is 0 Å². The van der Waals surface area contributed by atoms with Crippen LogP contribution in [-0.4, -0.2) is 28.5 Å². The molecule has 0 aromatic carbocycles. The number of carbonyl (C=O) groups is 1. The number of H-pyrrole nitrogens is 1. The van der Waals surface area contributed by atoms with Crippen LogP contribution in [0.5, 0.6) is 0 Å². The number of nitrogens with one attached hydrogen (secondary N) is 3. The van der Waals surface area contributed by atoms with Crippen LogP contribution in [0.4, 0.5) is 4.39 Å². The normalized spacial score (nSPS) is 31.0. The number of nitrogens with zero attached hydrogens (tertiary/aromatic N) is 1. The fourth-order valence-electron chi connectivity index (χ4n) is 4.09. The summed E-state index contributed by atoms with van der Waals surface area (Å²) in [7, 11) is 0. The largest absolute Gasteiger partial charge is 0.343 e. The molecule has 4 rings (SSSR count). The predicted octanol–water partition coefficient (Wildman–Crippen LogP) is 1.16. The molecule has 0 radical (unpaired) electrons. The first-order valence-electron chi connectivity index (χ1n) is 8.05. The highest BCUT2D eigenvalue weighted by Gasteiger charge is 2.42. The first kappa shape index (κ1) is 14.6. The lowest BCUT2D eigenvalue weighted by atomic mass is 9.68. The van der Waals surface area contributed by atoms with Gasteiger partial charge in [0.15, 0.2) is 0 Å². The van der Waals surface area contributed by atoms with Crippen LogP contribution in [0.2, 0.25) is 0 Å². The third-order valence-electron chi connectivity index (χ3n) is 5.36. The molecule has 0 bridgehead atoms. The van der Waals surface area contributed by atoms with Gasteiger partial charge in [0.05, 0.1) is 5.39 Å². The van der Waals surface area contributed by atoms with Gasteiger partial charge in [-0.3, -0.25) is 10.2 Å². The number of nitrogens with two attached hydrogens (primary N) is 1. The smallest absolute Gasteiger partial charge is 0.237 e. The molecule has 2 aromatic rings. The van der Waals surface area contributed by atoms with Crippen molar-refractivity contribution in [3.63, 3.8) is 0 Å². The van der Waals surface area contributed by atoms with E-state index in [2.05, 4.69) is 20.8 Å². The van der Waals surface area contributed by atoms with E-state index in [1.54, 1.807) is 0 Å². The number of amides is 1. The van der Waals surface area contributed by atoms with Crippen LogP contribution in [0.15, 0.2) is 18.5 Å². The van der Waals surface area contributed by atoms with E-state index < -0.39 is 0 Å². The van der Waals surface area contributed by atoms with E-state index in [1.807, 2.05) is 12.3 Å². The van der Waals surface area contributed by atoms with Crippen molar-refractivity contribution in [1.29, 1.82) is 0 Å². The van der Waals surface area contributed by atoms with Gasteiger partial charge in [0.2, 0.25) is 5.91 Å². The number of hydrogen-bond acceptors (Lipinski definition) is 4. The molecule has 122 valence electrons. The molecule has 23 heavy (non-hydrogen) atoms. The molecule has 1 amide bonds. The summed E-state index contributed by atoms with van der Waals surface area (Å²) in [4.78, 5) is 19.2. The Kier molecular flexibility index (Phi) is 3.54. The second-order valence-electron chi connectivity index (χ2n) is 6.56. The van der Waals surface area contributed by atoms with Crippen LogP contribution < -0.4 is 16.6 Å². The maximum Gasteiger partial charge on any atom is 0.237 e. The van der Waals surface area contributed by atoms with Crippen LogP contribution >= 0.6 is 0 Å². The van der Waals surface area contributed by atoms with Gasteiger partial charge in [-0.05, 0) is 42.7 Å². The van der Waals surface area contributed by atoms with Crippen molar-refractivity contribution in [2.24, 2.45) is 17.6 Å². The Hall–Kier alpha value is -1.99. The van der Waals surface area contributed by atoms with Crippen molar-refractivity contribution >= 4 is 16.9 Å². The fourth-order valence-corrected chi connectivity index (χ4v) is 4.09. The minimum absolute atomic E-state index is 0.0155. The van der Waals surface area contributed by atoms with E-state index in [1.165, 1.54) is 6.20 Å². The summed E-state index contributed by atoms with van der Waals surface area (Å²) in [6.07, 6.45) is 5.75. The van der Waals surface area contributed by atoms with Gasteiger partial charge < -0.3 is 10.7 Å². The molecule has 4 atom stereocenters. The van der Waals surface area contributed by atoms with Gasteiger partial charge in [0, 0.05) is 30.9 Å². The molecule has 2 fully saturated rings. The number of aromatic nitrogens is 2. The maximum absolute atomic E-state index is 13.8. The zero-order valence-corrected chi connectivity index (χ0v) is 12.7. The summed E-state index contributed by atoms with van der Waals surface area (Å²) in [6.45, 7) is 0.484. The van der Waals surface area contributed by atoms with E-state index >= 15 is 0 Å². The highest BCUT2D eigenvalue weighted by Crippen LogP contribution is 2.42. The van der Waals surface area contributed by atoms with Crippen molar-refractivity contribution < 1.29 is 9.18 Å². The minimum Gasteiger partial charge on any atom is -0.343 e. The van der Waals surface area contributed by atoms with Crippen LogP contribution in [-0.2, 0) is 4.79 Å². The quantitative estimate of drug-likeness (QED) is 0.668. The molecule has 5 N–H and O–H groups in total. The lowest BCUT2D eigenvalue weighted by Crippen LogP contribution is -2.62. The lowest BCUT2D eigenvalue weighted by molar-refractivity contribution is -0.133. The Bertz CT molecular complexity index is 745. The van der Waals surface area contributed by atoms with Crippen LogP contribution in [0.3, 0.4) is 0 Å². The zero-order valence-electron chi connectivity index (χ0n) is 12.7. The van der Waals surface area contributed by atoms with Crippen molar-refractivity contribution in [3.8, 4) is 0 Å². The Labute approximate surface area is 133 Å². The molecule has 2 aromatic heterocycles. The maximum atomic E-state index is 13.8. The summed E-state index contributed by atoms with van der Waals surface area (Å²) >= 11 is 0. The summed E-state index contributed by atoms with van der Waals surface area (Å²) < 4.78 is 13.8. The monoisotopic (exact) mass is 317 g/mol. The minimum atomic E-state index is -0.276. The number of hydrazine groups is 1. The Morgan fingerprint density at radius 1 is 1.39 bits per heavy atom. The topological polar surface area (TPSA) is 95.8 Å². The summed E-state index contributed by atoms with van der Waals surface area (Å²) in [5.41, 5.74) is 13.2. The fraction of sp³-hybridized carbons (Fsp3) is 0.500. The van der Waals surface area contributed by atoms with E-state index in [4.69, 9.17) is 5.73 Å². The molecule has 6 nitrogen and oxygen atoms in total. The first-order valence-corrected chi connectivity index (χ1v) is 8.05. The number of carbonyl (C=O) groups excluding carboxylic acids is 1. The van der Waals surface area contributed by atoms with Gasteiger partial charge in [-0.25, -0.2) is 14.8 Å². The summed E-state index contributed by atoms with van der Waals surface area (Å²) in [5.74, 6) is 0.287. The van der Waals surface area contributed by atoms with Crippen LogP contribution in [0.1, 0.15) is 30.7 Å². The molecule has 1 saturated carbocycles. The number of hydrogen-bond donors (Lipinski definition) is 4. The molecule has 3 heterocycles. The Morgan fingerprint density at radius 3 is 3.09 bits per heavy atom. The zero-order chi connectivity index (χ0) is 16.0. The second-order valence-corrected chi connectivity index (χ2v) is 6.56. The second kappa shape index (κ2) is 5.58. The summed E-state index contributed by atoms with van der Waals surface area (Å²) in [6, 6.07) is 1.97. The molecular formula is C16H20FN5O. The van der Waals surface area contributed by atoms with Gasteiger partial charge in [0.1, 0.15) is 11.5 Å². The van der Waals surface area contributed by atoms with Crippen LogP contribution in [0, 0.1) is 17.7 Å². The van der Waals surface area contributed by atoms with Crippen LogP contribution in [0.25, 0.3) is 11.0 Å². The molecule has 7 heteroatoms. The number of halogens is 1. The number of fused-ring (bicyclic) bond motifs is 2. The number of aromatic amines is 1. The van der Waals surface area contributed by atoms with Gasteiger partial charge in [-0.1, -0.05) is 0 Å². The SMILES string of the molecule is NCC1NNC(=O)C2CCC(c3cnc4[nH]cc(F)c4c3)CC12. The van der Waals surface area contributed by atoms with Crippen molar-refractivity contribution in [3.05, 3.63) is 29.8 Å². The average Bonchev–Trinajstić information content (AvgIpc) is 2.96. The Morgan fingerprint density at radius 2 is 2.26 bits per heavy atom. The van der Waals surface area contributed by atoms with Gasteiger partial charge in [-0.15, -0.1) is 0 Å². The van der Waals surface area contributed by atoms with E-state index in [0.717, 1.165) is 24.8 Å². The van der Waals surface area contributed by atoms with Crippen molar-refractivity contribution in [1.82, 2.24) is 20.8 Å². The molecule has 1 saturated heterocycles. The third-order valence-corrected chi connectivity index (χ3v) is 5.36. The van der Waals surface area contributed by atoms with Crippen molar-refractivity contribution in [2.75, 3.05) is 6.54 Å².